The van der Waals surface area contributed by atoms with Gasteiger partial charge in [-0.05, 0) is 0 Å². The van der Waals surface area contributed by atoms with E-state index in [0.29, 0.717) is 6.29 Å². The van der Waals surface area contributed by atoms with Crippen molar-refractivity contribution in [3.05, 3.63) is 0 Å². The van der Waals surface area contributed by atoms with Crippen LogP contribution in [-0.2, 0) is 9.53 Å². The summed E-state index contributed by atoms with van der Waals surface area (Å²) in [6.07, 6.45) is 0.655. The molecule has 0 fully saturated rings. The Kier molecular flexibility index (Phi) is 4.85. The van der Waals surface area contributed by atoms with Crippen LogP contribution in [0.5, 0.6) is 0 Å². The second-order valence-corrected chi connectivity index (χ2v) is 0.865. The maximum Gasteiger partial charge on any atom is 0.145 e. The van der Waals surface area contributed by atoms with Gasteiger partial charge >= 0.3 is 0 Å². The van der Waals surface area contributed by atoms with Crippen LogP contribution in [-0.4, -0.2) is 19.0 Å². The second kappa shape index (κ2) is 4.92. The summed E-state index contributed by atoms with van der Waals surface area (Å²) in [5.41, 5.74) is 0. The largest absolute Gasteiger partial charge is 0.358 e. The summed E-state index contributed by atoms with van der Waals surface area (Å²) in [6, 6.07) is 0.0960. The van der Waals surface area contributed by atoms with Gasteiger partial charge < -0.3 is 9.53 Å². The first-order valence-corrected chi connectivity index (χ1v) is 2.02. The lowest BCUT2D eigenvalue weighted by atomic mass is 10.8. The molecule has 0 radical (unpaired) electrons. The van der Waals surface area contributed by atoms with Crippen molar-refractivity contribution in [2.75, 3.05) is 12.7 Å². The van der Waals surface area contributed by atoms with Crippen molar-refractivity contribution in [1.29, 1.82) is 0 Å². The first-order valence-electron chi connectivity index (χ1n) is 1.49. The number of hydrogen-bond acceptors (Lipinski definition) is 2. The molecule has 0 saturated heterocycles. The lowest BCUT2D eigenvalue weighted by molar-refractivity contribution is -0.111. The molecule has 0 heterocycles. The molecule has 0 aromatic rings. The Morgan fingerprint density at radius 1 is 1.83 bits per heavy atom. The van der Waals surface area contributed by atoms with Gasteiger partial charge in [-0.15, -0.1) is 0 Å². The lowest BCUT2D eigenvalue weighted by Crippen LogP contribution is -1.90. The molecule has 0 aliphatic rings. The van der Waals surface area contributed by atoms with Crippen molar-refractivity contribution in [3.8, 4) is 0 Å². The highest BCUT2D eigenvalue weighted by molar-refractivity contribution is 6.17. The van der Waals surface area contributed by atoms with E-state index in [9.17, 15) is 4.79 Å². The van der Waals surface area contributed by atoms with Gasteiger partial charge in [-0.3, -0.25) is 0 Å². The normalized spacial score (nSPS) is 8.17. The molecule has 0 N–H and O–H groups in total. The molecule has 0 spiro atoms. The minimum absolute atomic E-state index is 0.0960. The van der Waals surface area contributed by atoms with Crippen molar-refractivity contribution in [3.63, 3.8) is 0 Å². The second-order valence-electron chi connectivity index (χ2n) is 0.647. The fraction of sp³-hybridized carbons (Fsp3) is 0.667. The molecule has 0 unspecified atom stereocenters. The highest BCUT2D eigenvalue weighted by Crippen LogP contribution is 1.72. The Morgan fingerprint density at radius 2 is 2.50 bits per heavy atom. The maximum atomic E-state index is 9.38. The number of hydrogen-bond donors (Lipinski definition) is 0. The zero-order valence-electron chi connectivity index (χ0n) is 3.19. The molecular weight excluding hydrogens is 103 g/mol. The average Bonchev–Trinajstić information content (AvgIpc) is 1.61. The number of carbonyl (C=O) groups excluding carboxylic acids is 1. The summed E-state index contributed by atoms with van der Waals surface area (Å²) in [5, 5.41) is 0. The number of alkyl halides is 1. The van der Waals surface area contributed by atoms with E-state index < -0.39 is 0 Å². The average molecular weight is 109 g/mol. The van der Waals surface area contributed by atoms with Crippen LogP contribution in [0, 0.1) is 0 Å². The highest BCUT2D eigenvalue weighted by Gasteiger charge is 1.73. The topological polar surface area (TPSA) is 26.3 Å². The van der Waals surface area contributed by atoms with Gasteiger partial charge in [0.1, 0.15) is 19.0 Å². The third-order valence-corrected chi connectivity index (χ3v) is 0.417. The van der Waals surface area contributed by atoms with Crippen molar-refractivity contribution in [2.45, 2.75) is 0 Å². The monoisotopic (exact) mass is 108 g/mol. The van der Waals surface area contributed by atoms with Crippen molar-refractivity contribution in [1.82, 2.24) is 0 Å². The summed E-state index contributed by atoms with van der Waals surface area (Å²) in [6.45, 7) is 0.101. The van der Waals surface area contributed by atoms with Crippen molar-refractivity contribution < 1.29 is 9.53 Å². The molecule has 3 heteroatoms. The van der Waals surface area contributed by atoms with Crippen LogP contribution in [0.4, 0.5) is 0 Å². The highest BCUT2D eigenvalue weighted by atomic mass is 35.5. The van der Waals surface area contributed by atoms with Gasteiger partial charge in [0.25, 0.3) is 0 Å². The minimum Gasteiger partial charge on any atom is -0.358 e. The SMILES string of the molecule is O=CCOCCl. The Labute approximate surface area is 41.0 Å². The molecular formula is C3H5ClO2. The molecule has 0 bridgehead atoms. The van der Waals surface area contributed by atoms with E-state index in [2.05, 4.69) is 4.74 Å². The standard InChI is InChI=1S/C3H5ClO2/c4-3-6-2-1-5/h1H,2-3H2. The summed E-state index contributed by atoms with van der Waals surface area (Å²) >= 11 is 5.00. The van der Waals surface area contributed by atoms with Crippen molar-refractivity contribution >= 4 is 17.9 Å². The van der Waals surface area contributed by atoms with E-state index in [0.717, 1.165) is 0 Å². The number of rotatable bonds is 3. The predicted octanol–water partition coefficient (Wildman–Crippen LogP) is 0.398. The molecule has 0 amide bonds. The van der Waals surface area contributed by atoms with Crippen LogP contribution in [0.15, 0.2) is 0 Å². The molecule has 36 valence electrons. The Morgan fingerprint density at radius 3 is 2.67 bits per heavy atom. The van der Waals surface area contributed by atoms with Gasteiger partial charge in [-0.2, -0.15) is 0 Å². The van der Waals surface area contributed by atoms with Crippen LogP contribution < -0.4 is 0 Å². The number of halogens is 1. The van der Waals surface area contributed by atoms with E-state index in [4.69, 9.17) is 11.6 Å². The lowest BCUT2D eigenvalue weighted by Gasteiger charge is -1.83. The van der Waals surface area contributed by atoms with Crippen LogP contribution >= 0.6 is 11.6 Å². The molecule has 0 atom stereocenters. The van der Waals surface area contributed by atoms with Gasteiger partial charge in [-0.25, -0.2) is 0 Å². The minimum atomic E-state index is 0.0960. The summed E-state index contributed by atoms with van der Waals surface area (Å²) in [4.78, 5) is 9.38. The van der Waals surface area contributed by atoms with Gasteiger partial charge in [0.2, 0.25) is 0 Å². The van der Waals surface area contributed by atoms with Crippen LogP contribution in [0.3, 0.4) is 0 Å². The Bertz CT molecular complexity index is 37.8. The first kappa shape index (κ1) is 5.92. The summed E-state index contributed by atoms with van der Waals surface area (Å²) in [5.74, 6) is 0. The molecule has 0 aromatic carbocycles. The molecule has 0 rings (SSSR count). The van der Waals surface area contributed by atoms with E-state index in [1.807, 2.05) is 0 Å². The zero-order valence-corrected chi connectivity index (χ0v) is 3.94. The fourth-order valence-corrected chi connectivity index (χ4v) is 0.182. The van der Waals surface area contributed by atoms with E-state index in [1.165, 1.54) is 0 Å². The molecule has 0 saturated carbocycles. The van der Waals surface area contributed by atoms with Gasteiger partial charge in [0.15, 0.2) is 0 Å². The Hall–Kier alpha value is -0.0800. The van der Waals surface area contributed by atoms with Gasteiger partial charge in [0, 0.05) is 0 Å². The van der Waals surface area contributed by atoms with E-state index in [1.54, 1.807) is 0 Å². The Balaban J connectivity index is 2.49. The smallest absolute Gasteiger partial charge is 0.145 e. The number of aldehydes is 1. The maximum absolute atomic E-state index is 9.38. The molecule has 0 aromatic heterocycles. The third-order valence-electron chi connectivity index (χ3n) is 0.263. The van der Waals surface area contributed by atoms with Crippen LogP contribution in [0.2, 0.25) is 0 Å². The molecule has 2 nitrogen and oxygen atoms in total. The van der Waals surface area contributed by atoms with E-state index >= 15 is 0 Å². The third kappa shape index (κ3) is 3.92. The molecule has 0 aliphatic heterocycles. The van der Waals surface area contributed by atoms with Gasteiger partial charge in [0.05, 0.1) is 0 Å². The molecule has 6 heavy (non-hydrogen) atoms. The quantitative estimate of drug-likeness (QED) is 0.297. The predicted molar refractivity (Wildman–Crippen MR) is 22.7 cm³/mol. The number of ether oxygens (including phenoxy) is 1. The number of carbonyl (C=O) groups is 1. The summed E-state index contributed by atoms with van der Waals surface area (Å²) in [7, 11) is 0. The van der Waals surface area contributed by atoms with Gasteiger partial charge in [-0.1, -0.05) is 11.6 Å². The fourth-order valence-electron chi connectivity index (χ4n) is 0.0927. The summed E-state index contributed by atoms with van der Waals surface area (Å²) < 4.78 is 4.38. The van der Waals surface area contributed by atoms with Crippen LogP contribution in [0.1, 0.15) is 0 Å². The van der Waals surface area contributed by atoms with Crippen molar-refractivity contribution in [2.24, 2.45) is 0 Å². The molecule has 0 aliphatic carbocycles. The van der Waals surface area contributed by atoms with E-state index in [-0.39, 0.29) is 12.7 Å². The van der Waals surface area contributed by atoms with Crippen LogP contribution in [0.25, 0.3) is 0 Å². The first-order chi connectivity index (χ1) is 2.91. The zero-order chi connectivity index (χ0) is 4.83.